The Morgan fingerprint density at radius 1 is 1.15 bits per heavy atom. The Labute approximate surface area is 157 Å². The number of aryl methyl sites for hydroxylation is 1. The molecule has 1 atom stereocenters. The summed E-state index contributed by atoms with van der Waals surface area (Å²) in [6, 6.07) is 12.5. The Balaban J connectivity index is 1.49. The molecule has 0 spiro atoms. The van der Waals surface area contributed by atoms with E-state index in [1.165, 1.54) is 6.92 Å². The first kappa shape index (κ1) is 18.6. The number of fused-ring (bicyclic) bond motifs is 1. The van der Waals surface area contributed by atoms with Crippen LogP contribution in [0.25, 0.3) is 0 Å². The first-order valence-electron chi connectivity index (χ1n) is 8.58. The molecule has 142 valence electrons. The van der Waals surface area contributed by atoms with E-state index in [1.807, 2.05) is 24.3 Å². The highest BCUT2D eigenvalue weighted by Crippen LogP contribution is 2.34. The second-order valence-electron chi connectivity index (χ2n) is 6.00. The minimum atomic E-state index is -0.916. The van der Waals surface area contributed by atoms with Crippen molar-refractivity contribution in [3.05, 3.63) is 48.0 Å². The third-order valence-corrected chi connectivity index (χ3v) is 4.11. The number of carbonyl (C=O) groups excluding carboxylic acids is 2. The largest absolute Gasteiger partial charge is 0.496 e. The molecule has 1 aliphatic rings. The van der Waals surface area contributed by atoms with Crippen LogP contribution in [0.5, 0.6) is 17.2 Å². The average Bonchev–Trinajstić information content (AvgIpc) is 3.14. The lowest BCUT2D eigenvalue weighted by Crippen LogP contribution is -2.30. The maximum Gasteiger partial charge on any atom is 0.306 e. The molecule has 1 amide bonds. The Kier molecular flexibility index (Phi) is 5.80. The number of para-hydroxylation sites is 1. The van der Waals surface area contributed by atoms with Gasteiger partial charge in [-0.1, -0.05) is 18.2 Å². The molecule has 7 heteroatoms. The minimum absolute atomic E-state index is 0.155. The Hall–Kier alpha value is -3.22. The molecule has 2 aromatic carbocycles. The number of esters is 1. The smallest absolute Gasteiger partial charge is 0.306 e. The summed E-state index contributed by atoms with van der Waals surface area (Å²) in [5.74, 6) is 1.05. The molecule has 0 bridgehead atoms. The monoisotopic (exact) mass is 371 g/mol. The van der Waals surface area contributed by atoms with Crippen molar-refractivity contribution in [1.82, 2.24) is 0 Å². The predicted octanol–water partition coefficient (Wildman–Crippen LogP) is 2.93. The fourth-order valence-electron chi connectivity index (χ4n) is 2.67. The summed E-state index contributed by atoms with van der Waals surface area (Å²) in [7, 11) is 1.58. The van der Waals surface area contributed by atoms with E-state index in [0.717, 1.165) is 11.3 Å². The molecule has 0 saturated heterocycles. The van der Waals surface area contributed by atoms with E-state index in [-0.39, 0.29) is 13.2 Å². The lowest BCUT2D eigenvalue weighted by atomic mass is 10.1. The van der Waals surface area contributed by atoms with Crippen molar-refractivity contribution < 1.29 is 28.5 Å². The van der Waals surface area contributed by atoms with Gasteiger partial charge in [-0.25, -0.2) is 0 Å². The molecule has 3 rings (SSSR count). The molecule has 0 aliphatic carbocycles. The highest BCUT2D eigenvalue weighted by molar-refractivity contribution is 5.95. The molecule has 7 nitrogen and oxygen atoms in total. The molecule has 0 saturated carbocycles. The maximum absolute atomic E-state index is 12.2. The zero-order chi connectivity index (χ0) is 19.2. The van der Waals surface area contributed by atoms with Crippen molar-refractivity contribution in [2.24, 2.45) is 0 Å². The molecule has 0 aromatic heterocycles. The van der Waals surface area contributed by atoms with Gasteiger partial charge in [-0.3, -0.25) is 9.59 Å². The van der Waals surface area contributed by atoms with Crippen molar-refractivity contribution in [3.8, 4) is 17.2 Å². The fraction of sp³-hybridized carbons (Fsp3) is 0.300. The molecular formula is C20H21NO6. The van der Waals surface area contributed by atoms with E-state index in [2.05, 4.69) is 5.32 Å². The Morgan fingerprint density at radius 3 is 2.74 bits per heavy atom. The quantitative estimate of drug-likeness (QED) is 0.754. The number of benzene rings is 2. The van der Waals surface area contributed by atoms with Crippen molar-refractivity contribution in [2.45, 2.75) is 25.9 Å². The molecule has 1 aliphatic heterocycles. The Bertz CT molecular complexity index is 835. The van der Waals surface area contributed by atoms with Crippen LogP contribution in [-0.2, 0) is 20.7 Å². The van der Waals surface area contributed by atoms with E-state index in [9.17, 15) is 9.59 Å². The summed E-state index contributed by atoms with van der Waals surface area (Å²) in [6.07, 6.45) is -0.290. The van der Waals surface area contributed by atoms with Crippen LogP contribution < -0.4 is 19.5 Å². The van der Waals surface area contributed by atoms with E-state index in [1.54, 1.807) is 25.3 Å². The lowest BCUT2D eigenvalue weighted by molar-refractivity contribution is -0.153. The molecule has 27 heavy (non-hydrogen) atoms. The summed E-state index contributed by atoms with van der Waals surface area (Å²) in [5, 5.41) is 2.70. The molecule has 2 aromatic rings. The van der Waals surface area contributed by atoms with Gasteiger partial charge in [0.05, 0.1) is 7.11 Å². The summed E-state index contributed by atoms with van der Waals surface area (Å²) in [5.41, 5.74) is 1.45. The second-order valence-corrected chi connectivity index (χ2v) is 6.00. The van der Waals surface area contributed by atoms with E-state index in [4.69, 9.17) is 18.9 Å². The van der Waals surface area contributed by atoms with Gasteiger partial charge < -0.3 is 24.3 Å². The highest BCUT2D eigenvalue weighted by Gasteiger charge is 2.20. The summed E-state index contributed by atoms with van der Waals surface area (Å²) in [6.45, 7) is 1.69. The van der Waals surface area contributed by atoms with Crippen molar-refractivity contribution in [2.75, 3.05) is 19.2 Å². The first-order chi connectivity index (χ1) is 13.1. The van der Waals surface area contributed by atoms with Gasteiger partial charge >= 0.3 is 5.97 Å². The number of anilines is 1. The van der Waals surface area contributed by atoms with Crippen LogP contribution in [0.15, 0.2) is 42.5 Å². The van der Waals surface area contributed by atoms with Gasteiger partial charge in [0, 0.05) is 18.2 Å². The molecular weight excluding hydrogens is 350 g/mol. The Morgan fingerprint density at radius 2 is 1.93 bits per heavy atom. The third kappa shape index (κ3) is 4.69. The topological polar surface area (TPSA) is 83.1 Å². The predicted molar refractivity (Wildman–Crippen MR) is 98.1 cm³/mol. The number of rotatable bonds is 7. The van der Waals surface area contributed by atoms with Crippen LogP contribution in [0.3, 0.4) is 0 Å². The average molecular weight is 371 g/mol. The van der Waals surface area contributed by atoms with Crippen molar-refractivity contribution in [1.29, 1.82) is 0 Å². The van der Waals surface area contributed by atoms with E-state index < -0.39 is 18.0 Å². The van der Waals surface area contributed by atoms with Gasteiger partial charge in [0.25, 0.3) is 5.91 Å². The van der Waals surface area contributed by atoms with Crippen LogP contribution in [-0.4, -0.2) is 31.9 Å². The molecule has 0 fully saturated rings. The number of amides is 1. The molecule has 1 heterocycles. The lowest BCUT2D eigenvalue weighted by Gasteiger charge is -2.14. The number of hydrogen-bond donors (Lipinski definition) is 1. The number of ether oxygens (including phenoxy) is 4. The fourth-order valence-corrected chi connectivity index (χ4v) is 2.67. The number of hydrogen-bond acceptors (Lipinski definition) is 6. The van der Waals surface area contributed by atoms with Crippen LogP contribution in [0.1, 0.15) is 18.9 Å². The van der Waals surface area contributed by atoms with Gasteiger partial charge in [0.1, 0.15) is 5.75 Å². The summed E-state index contributed by atoms with van der Waals surface area (Å²) >= 11 is 0. The highest BCUT2D eigenvalue weighted by atomic mass is 16.7. The van der Waals surface area contributed by atoms with Crippen LogP contribution in [0.4, 0.5) is 5.69 Å². The van der Waals surface area contributed by atoms with Crippen molar-refractivity contribution >= 4 is 17.6 Å². The van der Waals surface area contributed by atoms with Crippen LogP contribution in [0, 0.1) is 0 Å². The third-order valence-electron chi connectivity index (χ3n) is 4.11. The van der Waals surface area contributed by atoms with Gasteiger partial charge in [0.15, 0.2) is 17.6 Å². The van der Waals surface area contributed by atoms with E-state index in [0.29, 0.717) is 23.6 Å². The second kappa shape index (κ2) is 8.44. The van der Waals surface area contributed by atoms with Crippen LogP contribution in [0.2, 0.25) is 0 Å². The first-order valence-corrected chi connectivity index (χ1v) is 8.58. The number of carbonyl (C=O) groups is 2. The van der Waals surface area contributed by atoms with Gasteiger partial charge in [0.2, 0.25) is 6.79 Å². The standard InChI is InChI=1S/C20H21NO6/c1-13(20(23)21-15-8-9-17-18(11-15)26-12-25-17)27-19(22)10-7-14-5-3-4-6-16(14)24-2/h3-6,8-9,11,13H,7,10,12H2,1-2H3,(H,21,23)/t13-/m1/s1. The molecule has 0 radical (unpaired) electrons. The van der Waals surface area contributed by atoms with Crippen molar-refractivity contribution in [3.63, 3.8) is 0 Å². The number of methoxy groups -OCH3 is 1. The minimum Gasteiger partial charge on any atom is -0.496 e. The van der Waals surface area contributed by atoms with Gasteiger partial charge in [-0.2, -0.15) is 0 Å². The van der Waals surface area contributed by atoms with Crippen LogP contribution >= 0.6 is 0 Å². The zero-order valence-electron chi connectivity index (χ0n) is 15.2. The molecule has 1 N–H and O–H groups in total. The van der Waals surface area contributed by atoms with Gasteiger partial charge in [-0.05, 0) is 37.1 Å². The maximum atomic E-state index is 12.2. The number of nitrogens with one attached hydrogen (secondary N) is 1. The van der Waals surface area contributed by atoms with E-state index >= 15 is 0 Å². The SMILES string of the molecule is COc1ccccc1CCC(=O)O[C@H](C)C(=O)Nc1ccc2c(c1)OCO2. The summed E-state index contributed by atoms with van der Waals surface area (Å²) in [4.78, 5) is 24.3. The summed E-state index contributed by atoms with van der Waals surface area (Å²) < 4.78 is 21.0. The normalized spacial score (nSPS) is 13.0. The van der Waals surface area contributed by atoms with Gasteiger partial charge in [-0.15, -0.1) is 0 Å². The molecule has 0 unspecified atom stereocenters. The zero-order valence-corrected chi connectivity index (χ0v) is 15.2.